The maximum atomic E-state index is 4.31. The van der Waals surface area contributed by atoms with Crippen LogP contribution in [0.5, 0.6) is 0 Å². The molecule has 2 nitrogen and oxygen atoms in total. The molecule has 1 heterocycles. The molecule has 14 heavy (non-hydrogen) atoms. The molecule has 0 aliphatic carbocycles. The molecule has 0 unspecified atom stereocenters. The molecule has 0 bridgehead atoms. The standard InChI is InChI=1S/C12H16N2/c1-5-10-7-11(6-2)12(13-8-10)14-9(3)4/h5-9H,1-2H2,3-4H3,(H,13,14). The minimum atomic E-state index is 0.371. The lowest BCUT2D eigenvalue weighted by atomic mass is 10.2. The van der Waals surface area contributed by atoms with Gasteiger partial charge in [-0.25, -0.2) is 4.98 Å². The highest BCUT2D eigenvalue weighted by Crippen LogP contribution is 2.16. The van der Waals surface area contributed by atoms with Crippen LogP contribution >= 0.6 is 0 Å². The largest absolute Gasteiger partial charge is 0.367 e. The van der Waals surface area contributed by atoms with E-state index >= 15 is 0 Å². The highest BCUT2D eigenvalue weighted by Gasteiger charge is 2.02. The SMILES string of the molecule is C=Cc1cnc(NC(C)C)c(C=C)c1. The number of anilines is 1. The van der Waals surface area contributed by atoms with Gasteiger partial charge in [-0.05, 0) is 25.5 Å². The molecule has 0 fully saturated rings. The van der Waals surface area contributed by atoms with E-state index in [2.05, 4.69) is 37.3 Å². The molecule has 0 aliphatic rings. The Bertz CT molecular complexity index is 340. The zero-order valence-corrected chi connectivity index (χ0v) is 8.75. The van der Waals surface area contributed by atoms with Crippen molar-refractivity contribution in [2.45, 2.75) is 19.9 Å². The molecule has 0 aliphatic heterocycles. The second-order valence-corrected chi connectivity index (χ2v) is 3.41. The Morgan fingerprint density at radius 2 is 2.07 bits per heavy atom. The highest BCUT2D eigenvalue weighted by molar-refractivity contribution is 5.65. The minimum Gasteiger partial charge on any atom is -0.367 e. The number of hydrogen-bond acceptors (Lipinski definition) is 2. The normalized spacial score (nSPS) is 9.93. The van der Waals surface area contributed by atoms with Gasteiger partial charge in [0.2, 0.25) is 0 Å². The van der Waals surface area contributed by atoms with Crippen molar-refractivity contribution < 1.29 is 0 Å². The summed E-state index contributed by atoms with van der Waals surface area (Å²) in [6, 6.07) is 2.38. The number of rotatable bonds is 4. The molecule has 0 amide bonds. The van der Waals surface area contributed by atoms with Gasteiger partial charge in [0.25, 0.3) is 0 Å². The quantitative estimate of drug-likeness (QED) is 0.785. The highest BCUT2D eigenvalue weighted by atomic mass is 15.0. The van der Waals surface area contributed by atoms with Crippen LogP contribution in [-0.2, 0) is 0 Å². The van der Waals surface area contributed by atoms with Gasteiger partial charge in [-0.2, -0.15) is 0 Å². The number of hydrogen-bond donors (Lipinski definition) is 1. The molecular weight excluding hydrogens is 172 g/mol. The van der Waals surface area contributed by atoms with Crippen LogP contribution in [-0.4, -0.2) is 11.0 Å². The monoisotopic (exact) mass is 188 g/mol. The Labute approximate surface area is 85.4 Å². The van der Waals surface area contributed by atoms with Crippen molar-refractivity contribution in [2.24, 2.45) is 0 Å². The van der Waals surface area contributed by atoms with E-state index in [1.54, 1.807) is 18.3 Å². The fraction of sp³-hybridized carbons (Fsp3) is 0.250. The third-order valence-corrected chi connectivity index (χ3v) is 1.82. The minimum absolute atomic E-state index is 0.371. The van der Waals surface area contributed by atoms with E-state index in [-0.39, 0.29) is 0 Å². The van der Waals surface area contributed by atoms with Gasteiger partial charge in [-0.15, -0.1) is 0 Å². The van der Waals surface area contributed by atoms with E-state index in [1.807, 2.05) is 6.07 Å². The van der Waals surface area contributed by atoms with Gasteiger partial charge in [0.05, 0.1) is 0 Å². The van der Waals surface area contributed by atoms with Crippen molar-refractivity contribution in [2.75, 3.05) is 5.32 Å². The third kappa shape index (κ3) is 2.46. The van der Waals surface area contributed by atoms with E-state index in [0.717, 1.165) is 16.9 Å². The average molecular weight is 188 g/mol. The number of nitrogens with zero attached hydrogens (tertiary/aromatic N) is 1. The van der Waals surface area contributed by atoms with Crippen LogP contribution in [0.2, 0.25) is 0 Å². The van der Waals surface area contributed by atoms with Crippen LogP contribution in [0.4, 0.5) is 5.82 Å². The smallest absolute Gasteiger partial charge is 0.133 e. The molecule has 0 atom stereocenters. The molecule has 1 aromatic rings. The molecule has 1 rings (SSSR count). The lowest BCUT2D eigenvalue weighted by molar-refractivity contribution is 0.888. The summed E-state index contributed by atoms with van der Waals surface area (Å²) >= 11 is 0. The van der Waals surface area contributed by atoms with Crippen LogP contribution in [0.1, 0.15) is 25.0 Å². The first-order valence-electron chi connectivity index (χ1n) is 4.69. The van der Waals surface area contributed by atoms with Crippen molar-refractivity contribution in [1.82, 2.24) is 4.98 Å². The van der Waals surface area contributed by atoms with E-state index < -0.39 is 0 Å². The zero-order chi connectivity index (χ0) is 10.6. The fourth-order valence-corrected chi connectivity index (χ4v) is 1.16. The summed E-state index contributed by atoms with van der Waals surface area (Å²) in [5.74, 6) is 0.876. The van der Waals surface area contributed by atoms with Crippen LogP contribution < -0.4 is 5.32 Å². The molecule has 74 valence electrons. The van der Waals surface area contributed by atoms with E-state index in [9.17, 15) is 0 Å². The second kappa shape index (κ2) is 4.61. The van der Waals surface area contributed by atoms with Gasteiger partial charge >= 0.3 is 0 Å². The Morgan fingerprint density at radius 3 is 2.57 bits per heavy atom. The van der Waals surface area contributed by atoms with Crippen molar-refractivity contribution in [3.63, 3.8) is 0 Å². The number of pyridine rings is 1. The summed E-state index contributed by atoms with van der Waals surface area (Å²) in [7, 11) is 0. The van der Waals surface area contributed by atoms with E-state index in [4.69, 9.17) is 0 Å². The Kier molecular flexibility index (Phi) is 3.46. The predicted molar refractivity (Wildman–Crippen MR) is 63.2 cm³/mol. The zero-order valence-electron chi connectivity index (χ0n) is 8.75. The van der Waals surface area contributed by atoms with Gasteiger partial charge in [-0.3, -0.25) is 0 Å². The van der Waals surface area contributed by atoms with Crippen LogP contribution in [0.3, 0.4) is 0 Å². The first-order chi connectivity index (χ1) is 6.67. The average Bonchev–Trinajstić information content (AvgIpc) is 2.17. The maximum Gasteiger partial charge on any atom is 0.133 e. The van der Waals surface area contributed by atoms with Crippen LogP contribution in [0.25, 0.3) is 12.2 Å². The summed E-state index contributed by atoms with van der Waals surface area (Å²) in [5, 5.41) is 3.26. The first-order valence-corrected chi connectivity index (χ1v) is 4.69. The van der Waals surface area contributed by atoms with Crippen LogP contribution in [0.15, 0.2) is 25.4 Å². The summed E-state index contributed by atoms with van der Waals surface area (Å²) in [4.78, 5) is 4.31. The van der Waals surface area contributed by atoms with Crippen LogP contribution in [0, 0.1) is 0 Å². The molecule has 1 N–H and O–H groups in total. The van der Waals surface area contributed by atoms with Gasteiger partial charge in [0.15, 0.2) is 0 Å². The Balaban J connectivity index is 3.04. The van der Waals surface area contributed by atoms with E-state index in [0.29, 0.717) is 6.04 Å². The number of aromatic nitrogens is 1. The van der Waals surface area contributed by atoms with Crippen molar-refractivity contribution in [3.05, 3.63) is 36.5 Å². The lowest BCUT2D eigenvalue weighted by Gasteiger charge is -2.11. The van der Waals surface area contributed by atoms with Gasteiger partial charge in [0, 0.05) is 17.8 Å². The van der Waals surface area contributed by atoms with Gasteiger partial charge in [0.1, 0.15) is 5.82 Å². The van der Waals surface area contributed by atoms with Crippen molar-refractivity contribution in [3.8, 4) is 0 Å². The van der Waals surface area contributed by atoms with Crippen molar-refractivity contribution in [1.29, 1.82) is 0 Å². The molecule has 0 aromatic carbocycles. The van der Waals surface area contributed by atoms with Gasteiger partial charge < -0.3 is 5.32 Å². The maximum absolute atomic E-state index is 4.31. The third-order valence-electron chi connectivity index (χ3n) is 1.82. The molecule has 0 saturated carbocycles. The Hall–Kier alpha value is -1.57. The van der Waals surface area contributed by atoms with E-state index in [1.165, 1.54) is 0 Å². The molecule has 0 radical (unpaired) electrons. The van der Waals surface area contributed by atoms with Crippen molar-refractivity contribution >= 4 is 18.0 Å². The molecule has 1 aromatic heterocycles. The molecular formula is C12H16N2. The topological polar surface area (TPSA) is 24.9 Å². The molecule has 2 heteroatoms. The summed E-state index contributed by atoms with van der Waals surface area (Å²) < 4.78 is 0. The molecule has 0 spiro atoms. The summed E-state index contributed by atoms with van der Waals surface area (Å²) in [6.07, 6.45) is 5.37. The predicted octanol–water partition coefficient (Wildman–Crippen LogP) is 3.19. The summed E-state index contributed by atoms with van der Waals surface area (Å²) in [6.45, 7) is 11.6. The Morgan fingerprint density at radius 1 is 1.36 bits per heavy atom. The fourth-order valence-electron chi connectivity index (χ4n) is 1.16. The lowest BCUT2D eigenvalue weighted by Crippen LogP contribution is -2.12. The number of nitrogens with one attached hydrogen (secondary N) is 1. The first kappa shape index (κ1) is 10.5. The molecule has 0 saturated heterocycles. The van der Waals surface area contributed by atoms with Gasteiger partial charge in [-0.1, -0.05) is 25.3 Å². The second-order valence-electron chi connectivity index (χ2n) is 3.41. The summed E-state index contributed by atoms with van der Waals surface area (Å²) in [5.41, 5.74) is 2.02.